The average Bonchev–Trinajstić information content (AvgIpc) is 2.46. The third-order valence-corrected chi connectivity index (χ3v) is 4.18. The van der Waals surface area contributed by atoms with Crippen LogP contribution in [0.1, 0.15) is 110 Å². The number of halogens is 2. The van der Waals surface area contributed by atoms with Gasteiger partial charge in [-0.2, -0.15) is 0 Å². The van der Waals surface area contributed by atoms with Gasteiger partial charge in [0.15, 0.2) is 0 Å². The van der Waals surface area contributed by atoms with E-state index in [1.165, 1.54) is 83.5 Å². The van der Waals surface area contributed by atoms with Crippen molar-refractivity contribution in [1.82, 2.24) is 5.34 Å². The summed E-state index contributed by atoms with van der Waals surface area (Å²) in [6.07, 6.45) is 20.5. The molecule has 0 radical (unpaired) electrons. The highest BCUT2D eigenvalue weighted by atomic mass is 19.4. The van der Waals surface area contributed by atoms with Gasteiger partial charge < -0.3 is 0 Å². The van der Waals surface area contributed by atoms with Crippen molar-refractivity contribution in [3.63, 3.8) is 0 Å². The maximum absolute atomic E-state index is 11.7. The van der Waals surface area contributed by atoms with E-state index in [0.717, 1.165) is 12.8 Å². The lowest BCUT2D eigenvalue weighted by Crippen LogP contribution is -2.02. The molecule has 0 aromatic heterocycles. The molecule has 3 heteroatoms. The average molecular weight is 305 g/mol. The standard InChI is InChI=1S/C18H37F2N/c1-2-3-4-5-6-7-8-9-10-11-12-13-14-15-16-17-18-21(19)20/h2-18H2,1H3. The maximum Gasteiger partial charge on any atom is 0.0620 e. The van der Waals surface area contributed by atoms with Gasteiger partial charge in [0, 0.05) is 5.34 Å². The minimum absolute atomic E-state index is 0.0710. The normalized spacial score (nSPS) is 11.4. The maximum atomic E-state index is 11.7. The third-order valence-electron chi connectivity index (χ3n) is 4.18. The van der Waals surface area contributed by atoms with E-state index < -0.39 is 5.34 Å². The topological polar surface area (TPSA) is 3.24 Å². The van der Waals surface area contributed by atoms with E-state index in [0.29, 0.717) is 6.42 Å². The molecule has 0 fully saturated rings. The van der Waals surface area contributed by atoms with Crippen LogP contribution in [0.3, 0.4) is 0 Å². The Labute approximate surface area is 131 Å². The smallest absolute Gasteiger partial charge is 0.0620 e. The van der Waals surface area contributed by atoms with Gasteiger partial charge >= 0.3 is 0 Å². The molecule has 0 unspecified atom stereocenters. The Kier molecular flexibility index (Phi) is 17.7. The molecule has 1 nitrogen and oxygen atoms in total. The van der Waals surface area contributed by atoms with Crippen LogP contribution >= 0.6 is 0 Å². The fraction of sp³-hybridized carbons (Fsp3) is 1.00. The Morgan fingerprint density at radius 2 is 0.762 bits per heavy atom. The summed E-state index contributed by atoms with van der Waals surface area (Å²) in [4.78, 5) is 0. The Morgan fingerprint density at radius 3 is 1.05 bits per heavy atom. The SMILES string of the molecule is CCCCCCCCCCCCCCCCCCN(F)F. The van der Waals surface area contributed by atoms with E-state index >= 15 is 0 Å². The van der Waals surface area contributed by atoms with Crippen molar-refractivity contribution in [3.05, 3.63) is 0 Å². The molecule has 0 spiro atoms. The second-order valence-electron chi connectivity index (χ2n) is 6.33. The van der Waals surface area contributed by atoms with Crippen molar-refractivity contribution in [2.45, 2.75) is 110 Å². The lowest BCUT2D eigenvalue weighted by molar-refractivity contribution is -0.153. The molecule has 0 bridgehead atoms. The van der Waals surface area contributed by atoms with Gasteiger partial charge in [-0.3, -0.25) is 0 Å². The van der Waals surface area contributed by atoms with Crippen LogP contribution in [0, 0.1) is 0 Å². The second-order valence-corrected chi connectivity index (χ2v) is 6.33. The van der Waals surface area contributed by atoms with Gasteiger partial charge in [0.05, 0.1) is 6.54 Å². The molecule has 0 amide bonds. The van der Waals surface area contributed by atoms with E-state index in [1.807, 2.05) is 0 Å². The molecule has 0 atom stereocenters. The predicted octanol–water partition coefficient (Wildman–Crippen LogP) is 7.32. The Balaban J connectivity index is 2.93. The van der Waals surface area contributed by atoms with Crippen LogP contribution in [0.2, 0.25) is 0 Å². The third kappa shape index (κ3) is 19.8. The number of hydrogen-bond acceptors (Lipinski definition) is 1. The highest BCUT2D eigenvalue weighted by molar-refractivity contribution is 4.50. The summed E-state index contributed by atoms with van der Waals surface area (Å²) in [6.45, 7) is 2.19. The lowest BCUT2D eigenvalue weighted by Gasteiger charge is -2.03. The number of rotatable bonds is 17. The zero-order valence-electron chi connectivity index (χ0n) is 14.2. The molecule has 0 aromatic rings. The number of unbranched alkanes of at least 4 members (excludes halogenated alkanes) is 15. The minimum Gasteiger partial charge on any atom is -0.102 e. The van der Waals surface area contributed by atoms with Crippen LogP contribution in [0.15, 0.2) is 0 Å². The number of hydrogen-bond donors (Lipinski definition) is 0. The van der Waals surface area contributed by atoms with Crippen molar-refractivity contribution in [1.29, 1.82) is 0 Å². The van der Waals surface area contributed by atoms with Crippen molar-refractivity contribution >= 4 is 0 Å². The van der Waals surface area contributed by atoms with E-state index in [2.05, 4.69) is 6.92 Å². The molecule has 0 aliphatic heterocycles. The molecule has 21 heavy (non-hydrogen) atoms. The first-order chi connectivity index (χ1) is 10.3. The van der Waals surface area contributed by atoms with Gasteiger partial charge in [-0.1, -0.05) is 103 Å². The van der Waals surface area contributed by atoms with Crippen molar-refractivity contribution < 1.29 is 8.96 Å². The summed E-state index contributed by atoms with van der Waals surface area (Å²) in [5.74, 6) is 0. The summed E-state index contributed by atoms with van der Waals surface area (Å²) in [7, 11) is 0. The molecule has 0 saturated heterocycles. The lowest BCUT2D eigenvalue weighted by atomic mass is 10.0. The largest absolute Gasteiger partial charge is 0.102 e. The molecule has 128 valence electrons. The van der Waals surface area contributed by atoms with Crippen molar-refractivity contribution in [2.24, 2.45) is 0 Å². The van der Waals surface area contributed by atoms with Gasteiger partial charge in [-0.15, -0.1) is 8.96 Å². The molecule has 0 N–H and O–H groups in total. The van der Waals surface area contributed by atoms with E-state index in [1.54, 1.807) is 0 Å². The first-order valence-electron chi connectivity index (χ1n) is 9.36. The summed E-state index contributed by atoms with van der Waals surface area (Å²) in [5, 5.41) is -0.705. The predicted molar refractivity (Wildman–Crippen MR) is 88.5 cm³/mol. The number of nitrogens with zero attached hydrogens (tertiary/aromatic N) is 1. The van der Waals surface area contributed by atoms with Crippen LogP contribution in [0.5, 0.6) is 0 Å². The Hall–Kier alpha value is -0.180. The minimum atomic E-state index is -0.705. The summed E-state index contributed by atoms with van der Waals surface area (Å²) >= 11 is 0. The van der Waals surface area contributed by atoms with Crippen LogP contribution < -0.4 is 0 Å². The van der Waals surface area contributed by atoms with E-state index in [4.69, 9.17) is 0 Å². The van der Waals surface area contributed by atoms with Crippen LogP contribution in [-0.2, 0) is 0 Å². The molecule has 0 aliphatic rings. The molecule has 0 rings (SSSR count). The summed E-state index contributed by atoms with van der Waals surface area (Å²) in [5.41, 5.74) is 0. The van der Waals surface area contributed by atoms with Crippen molar-refractivity contribution in [3.8, 4) is 0 Å². The zero-order chi connectivity index (χ0) is 15.6. The highest BCUT2D eigenvalue weighted by Crippen LogP contribution is 2.13. The zero-order valence-corrected chi connectivity index (χ0v) is 14.2. The van der Waals surface area contributed by atoms with Crippen LogP contribution in [0.25, 0.3) is 0 Å². The quantitative estimate of drug-likeness (QED) is 0.201. The molecule has 0 saturated carbocycles. The first kappa shape index (κ1) is 20.8. The molecule has 0 aromatic carbocycles. The molecular weight excluding hydrogens is 268 g/mol. The molecule has 0 heterocycles. The first-order valence-corrected chi connectivity index (χ1v) is 9.36. The molecule has 0 aliphatic carbocycles. The van der Waals surface area contributed by atoms with Gasteiger partial charge in [-0.05, 0) is 6.42 Å². The van der Waals surface area contributed by atoms with Gasteiger partial charge in [0.25, 0.3) is 0 Å². The summed E-state index contributed by atoms with van der Waals surface area (Å²) < 4.78 is 23.5. The van der Waals surface area contributed by atoms with Gasteiger partial charge in [0.2, 0.25) is 0 Å². The van der Waals surface area contributed by atoms with Gasteiger partial charge in [-0.25, -0.2) is 0 Å². The Bertz CT molecular complexity index is 186. The highest BCUT2D eigenvalue weighted by Gasteiger charge is 1.98. The van der Waals surface area contributed by atoms with Crippen molar-refractivity contribution in [2.75, 3.05) is 6.54 Å². The van der Waals surface area contributed by atoms with Gasteiger partial charge in [0.1, 0.15) is 0 Å². The van der Waals surface area contributed by atoms with Crippen LogP contribution in [0.4, 0.5) is 8.96 Å². The molecular formula is C18H37F2N. The monoisotopic (exact) mass is 305 g/mol. The van der Waals surface area contributed by atoms with Crippen LogP contribution in [-0.4, -0.2) is 11.9 Å². The summed E-state index contributed by atoms with van der Waals surface area (Å²) in [6, 6.07) is 0. The van der Waals surface area contributed by atoms with E-state index in [9.17, 15) is 8.96 Å². The Morgan fingerprint density at radius 1 is 0.476 bits per heavy atom. The fourth-order valence-corrected chi connectivity index (χ4v) is 2.78. The fourth-order valence-electron chi connectivity index (χ4n) is 2.78. The second kappa shape index (κ2) is 17.9. The van der Waals surface area contributed by atoms with E-state index in [-0.39, 0.29) is 6.54 Å².